The minimum Gasteiger partial charge on any atom is -0.454 e. The van der Waals surface area contributed by atoms with E-state index in [1.165, 1.54) is 0 Å². The Balaban J connectivity index is 1.63. The van der Waals surface area contributed by atoms with Crippen molar-refractivity contribution in [3.05, 3.63) is 40.8 Å². The number of nitrogens with one attached hydrogen (secondary N) is 1. The molecule has 0 spiro atoms. The molecule has 0 unspecified atom stereocenters. The Hall–Kier alpha value is -2.54. The van der Waals surface area contributed by atoms with E-state index in [2.05, 4.69) is 10.5 Å². The van der Waals surface area contributed by atoms with Crippen LogP contribution in [0.5, 0.6) is 11.5 Å². The van der Waals surface area contributed by atoms with Gasteiger partial charge in [-0.1, -0.05) is 11.2 Å². The molecule has 0 aliphatic carbocycles. The summed E-state index contributed by atoms with van der Waals surface area (Å²) in [6.07, 6.45) is 0.165. The van der Waals surface area contributed by atoms with Crippen molar-refractivity contribution < 1.29 is 23.9 Å². The SMILES string of the molecule is Cc1noc(C)c1CC(=O)NC[C@](C)(O)c1ccc2c(c1)OCO2. The van der Waals surface area contributed by atoms with Crippen LogP contribution in [0.1, 0.15) is 29.5 Å². The van der Waals surface area contributed by atoms with E-state index in [0.29, 0.717) is 28.5 Å². The zero-order valence-corrected chi connectivity index (χ0v) is 13.9. The number of nitrogens with zero attached hydrogens (tertiary/aromatic N) is 1. The zero-order chi connectivity index (χ0) is 17.3. The number of hydrogen-bond acceptors (Lipinski definition) is 6. The van der Waals surface area contributed by atoms with E-state index in [1.807, 2.05) is 0 Å². The summed E-state index contributed by atoms with van der Waals surface area (Å²) >= 11 is 0. The van der Waals surface area contributed by atoms with Crippen LogP contribution in [-0.4, -0.2) is 29.5 Å². The molecule has 0 saturated carbocycles. The number of hydrogen-bond donors (Lipinski definition) is 2. The van der Waals surface area contributed by atoms with Gasteiger partial charge in [0.1, 0.15) is 11.4 Å². The molecule has 1 aliphatic heterocycles. The first-order valence-corrected chi connectivity index (χ1v) is 7.68. The van der Waals surface area contributed by atoms with Crippen LogP contribution in [0.4, 0.5) is 0 Å². The first kappa shape index (κ1) is 16.3. The molecular weight excluding hydrogens is 312 g/mol. The lowest BCUT2D eigenvalue weighted by atomic mass is 9.95. The Morgan fingerprint density at radius 2 is 2.08 bits per heavy atom. The minimum atomic E-state index is -1.23. The van der Waals surface area contributed by atoms with Crippen LogP contribution < -0.4 is 14.8 Å². The van der Waals surface area contributed by atoms with Crippen LogP contribution in [0.2, 0.25) is 0 Å². The topological polar surface area (TPSA) is 93.8 Å². The van der Waals surface area contributed by atoms with Gasteiger partial charge in [-0.05, 0) is 38.5 Å². The summed E-state index contributed by atoms with van der Waals surface area (Å²) in [7, 11) is 0. The summed E-state index contributed by atoms with van der Waals surface area (Å²) in [6.45, 7) is 5.46. The molecule has 0 saturated heterocycles. The number of amides is 1. The van der Waals surface area contributed by atoms with Gasteiger partial charge in [-0.2, -0.15) is 0 Å². The fourth-order valence-electron chi connectivity index (χ4n) is 2.58. The molecule has 0 fully saturated rings. The number of carbonyl (C=O) groups is 1. The lowest BCUT2D eigenvalue weighted by Gasteiger charge is -2.24. The average Bonchev–Trinajstić information content (AvgIpc) is 3.14. The number of benzene rings is 1. The summed E-state index contributed by atoms with van der Waals surface area (Å²) in [5.74, 6) is 1.67. The van der Waals surface area contributed by atoms with Gasteiger partial charge in [0.25, 0.3) is 0 Å². The van der Waals surface area contributed by atoms with Crippen molar-refractivity contribution in [1.29, 1.82) is 0 Å². The first-order chi connectivity index (χ1) is 11.4. The predicted octanol–water partition coefficient (Wildman–Crippen LogP) is 1.59. The summed E-state index contributed by atoms with van der Waals surface area (Å²) in [4.78, 5) is 12.1. The molecule has 1 amide bonds. The highest BCUT2D eigenvalue weighted by Crippen LogP contribution is 2.35. The average molecular weight is 332 g/mol. The molecule has 7 heteroatoms. The van der Waals surface area contributed by atoms with E-state index in [9.17, 15) is 9.90 Å². The number of aryl methyl sites for hydroxylation is 2. The van der Waals surface area contributed by atoms with Crippen molar-refractivity contribution in [3.63, 3.8) is 0 Å². The Morgan fingerprint density at radius 3 is 2.79 bits per heavy atom. The third-order valence-electron chi connectivity index (χ3n) is 4.14. The van der Waals surface area contributed by atoms with Crippen LogP contribution in [0.3, 0.4) is 0 Å². The number of carbonyl (C=O) groups excluding carboxylic acids is 1. The van der Waals surface area contributed by atoms with Gasteiger partial charge in [-0.15, -0.1) is 0 Å². The minimum absolute atomic E-state index is 0.0782. The fraction of sp³-hybridized carbons (Fsp3) is 0.412. The maximum absolute atomic E-state index is 12.1. The second kappa shape index (κ2) is 6.16. The monoisotopic (exact) mass is 332 g/mol. The molecule has 2 heterocycles. The summed E-state index contributed by atoms with van der Waals surface area (Å²) in [6, 6.07) is 5.23. The molecule has 0 radical (unpaired) electrons. The Labute approximate surface area is 139 Å². The highest BCUT2D eigenvalue weighted by molar-refractivity contribution is 5.79. The molecule has 3 rings (SSSR count). The van der Waals surface area contributed by atoms with Crippen molar-refractivity contribution in [1.82, 2.24) is 10.5 Å². The smallest absolute Gasteiger partial charge is 0.231 e. The van der Waals surface area contributed by atoms with Crippen LogP contribution in [0.15, 0.2) is 22.7 Å². The van der Waals surface area contributed by atoms with E-state index in [0.717, 1.165) is 5.56 Å². The summed E-state index contributed by atoms with van der Waals surface area (Å²) < 4.78 is 15.6. The Kier molecular flexibility index (Phi) is 4.19. The molecule has 128 valence electrons. The van der Waals surface area contributed by atoms with E-state index in [1.54, 1.807) is 39.0 Å². The van der Waals surface area contributed by atoms with Crippen LogP contribution in [0, 0.1) is 13.8 Å². The second-order valence-electron chi connectivity index (χ2n) is 6.10. The molecule has 1 atom stereocenters. The molecular formula is C17H20N2O5. The van der Waals surface area contributed by atoms with Gasteiger partial charge < -0.3 is 24.4 Å². The van der Waals surface area contributed by atoms with E-state index < -0.39 is 5.60 Å². The molecule has 1 aromatic carbocycles. The number of rotatable bonds is 5. The van der Waals surface area contributed by atoms with Gasteiger partial charge in [-0.25, -0.2) is 0 Å². The Bertz CT molecular complexity index is 747. The largest absolute Gasteiger partial charge is 0.454 e. The van der Waals surface area contributed by atoms with Gasteiger partial charge >= 0.3 is 0 Å². The summed E-state index contributed by atoms with van der Waals surface area (Å²) in [5.41, 5.74) is 0.889. The maximum Gasteiger partial charge on any atom is 0.231 e. The highest BCUT2D eigenvalue weighted by Gasteiger charge is 2.27. The molecule has 7 nitrogen and oxygen atoms in total. The van der Waals surface area contributed by atoms with E-state index in [4.69, 9.17) is 14.0 Å². The van der Waals surface area contributed by atoms with Crippen molar-refractivity contribution >= 4 is 5.91 Å². The molecule has 1 aromatic heterocycles. The third kappa shape index (κ3) is 3.21. The van der Waals surface area contributed by atoms with Crippen LogP contribution >= 0.6 is 0 Å². The van der Waals surface area contributed by atoms with Gasteiger partial charge in [0.2, 0.25) is 12.7 Å². The van der Waals surface area contributed by atoms with Crippen molar-refractivity contribution in [3.8, 4) is 11.5 Å². The zero-order valence-electron chi connectivity index (χ0n) is 13.9. The molecule has 2 aromatic rings. The number of fused-ring (bicyclic) bond motifs is 1. The lowest BCUT2D eigenvalue weighted by Crippen LogP contribution is -2.39. The normalized spacial score (nSPS) is 15.2. The maximum atomic E-state index is 12.1. The predicted molar refractivity (Wildman–Crippen MR) is 84.8 cm³/mol. The third-order valence-corrected chi connectivity index (χ3v) is 4.14. The molecule has 24 heavy (non-hydrogen) atoms. The lowest BCUT2D eigenvalue weighted by molar-refractivity contribution is -0.121. The quantitative estimate of drug-likeness (QED) is 0.863. The molecule has 0 bridgehead atoms. The highest BCUT2D eigenvalue weighted by atomic mass is 16.7. The second-order valence-corrected chi connectivity index (χ2v) is 6.10. The van der Waals surface area contributed by atoms with Gasteiger partial charge in [-0.3, -0.25) is 4.79 Å². The number of aliphatic hydroxyl groups is 1. The van der Waals surface area contributed by atoms with Gasteiger partial charge in [0, 0.05) is 5.56 Å². The summed E-state index contributed by atoms with van der Waals surface area (Å²) in [5, 5.41) is 17.2. The Morgan fingerprint density at radius 1 is 1.33 bits per heavy atom. The van der Waals surface area contributed by atoms with Gasteiger partial charge in [0.15, 0.2) is 11.5 Å². The van der Waals surface area contributed by atoms with E-state index >= 15 is 0 Å². The molecule has 1 aliphatic rings. The first-order valence-electron chi connectivity index (χ1n) is 7.68. The van der Waals surface area contributed by atoms with Crippen molar-refractivity contribution in [2.45, 2.75) is 32.8 Å². The van der Waals surface area contributed by atoms with Crippen LogP contribution in [0.25, 0.3) is 0 Å². The van der Waals surface area contributed by atoms with Crippen molar-refractivity contribution in [2.24, 2.45) is 0 Å². The number of aromatic nitrogens is 1. The fourth-order valence-corrected chi connectivity index (χ4v) is 2.58. The van der Waals surface area contributed by atoms with Crippen molar-refractivity contribution in [2.75, 3.05) is 13.3 Å². The number of ether oxygens (including phenoxy) is 2. The van der Waals surface area contributed by atoms with Gasteiger partial charge in [0.05, 0.1) is 18.7 Å². The molecule has 2 N–H and O–H groups in total. The standard InChI is InChI=1S/C17H20N2O5/c1-10-13(11(2)24-19-10)7-16(20)18-8-17(3,21)12-4-5-14-15(6-12)23-9-22-14/h4-6,21H,7-9H2,1-3H3,(H,18,20)/t17-/m0/s1. The van der Waals surface area contributed by atoms with Crippen LogP contribution in [-0.2, 0) is 16.8 Å². The van der Waals surface area contributed by atoms with E-state index in [-0.39, 0.29) is 25.7 Å².